The first-order valence-corrected chi connectivity index (χ1v) is 6.62. The molecule has 0 aromatic carbocycles. The smallest absolute Gasteiger partial charge is 0.277 e. The second-order valence-electron chi connectivity index (χ2n) is 4.07. The van der Waals surface area contributed by atoms with Gasteiger partial charge >= 0.3 is 0 Å². The lowest BCUT2D eigenvalue weighted by Gasteiger charge is -2.26. The topological polar surface area (TPSA) is 75.4 Å². The minimum Gasteiger partial charge on any atom is -0.312 e. The Bertz CT molecular complexity index is 298. The van der Waals surface area contributed by atoms with Gasteiger partial charge in [0.25, 0.3) is 10.2 Å². The molecule has 6 heteroatoms. The van der Waals surface area contributed by atoms with Crippen LogP contribution >= 0.6 is 0 Å². The number of nitrogens with one attached hydrogen (secondary N) is 1. The summed E-state index contributed by atoms with van der Waals surface area (Å²) in [6, 6.07) is 0.406. The van der Waals surface area contributed by atoms with Crippen LogP contribution in [0.2, 0.25) is 0 Å². The molecule has 14 heavy (non-hydrogen) atoms. The quantitative estimate of drug-likeness (QED) is 0.651. The second-order valence-corrected chi connectivity index (χ2v) is 5.57. The van der Waals surface area contributed by atoms with Gasteiger partial charge in [-0.1, -0.05) is 0 Å². The van der Waals surface area contributed by atoms with Gasteiger partial charge in [0, 0.05) is 18.6 Å². The van der Waals surface area contributed by atoms with E-state index in [1.165, 1.54) is 4.31 Å². The fourth-order valence-electron chi connectivity index (χ4n) is 2.52. The lowest BCUT2D eigenvalue weighted by atomic mass is 10.1. The molecule has 0 spiro atoms. The molecule has 2 aliphatic rings. The molecule has 0 radical (unpaired) electrons. The van der Waals surface area contributed by atoms with Crippen molar-refractivity contribution >= 4 is 10.2 Å². The van der Waals surface area contributed by atoms with E-state index in [0.29, 0.717) is 12.6 Å². The lowest BCUT2D eigenvalue weighted by Crippen LogP contribution is -2.48. The molecule has 0 bridgehead atoms. The summed E-state index contributed by atoms with van der Waals surface area (Å²) in [5, 5.41) is 8.51. The number of hydrogen-bond donors (Lipinski definition) is 2. The van der Waals surface area contributed by atoms with E-state index in [9.17, 15) is 8.42 Å². The van der Waals surface area contributed by atoms with Gasteiger partial charge in [-0.15, -0.1) is 0 Å². The molecule has 2 saturated heterocycles. The van der Waals surface area contributed by atoms with Crippen molar-refractivity contribution in [1.29, 1.82) is 0 Å². The highest BCUT2D eigenvalue weighted by Gasteiger charge is 2.38. The molecule has 82 valence electrons. The maximum Gasteiger partial charge on any atom is 0.277 e. The zero-order valence-electron chi connectivity index (χ0n) is 8.15. The van der Waals surface area contributed by atoms with Crippen molar-refractivity contribution in [3.05, 3.63) is 0 Å². The highest BCUT2D eigenvalue weighted by atomic mass is 32.2. The van der Waals surface area contributed by atoms with E-state index in [1.807, 2.05) is 0 Å². The standard InChI is InChI=1S/C8H17N3O2S/c9-14(12,13)11-6-2-4-8(11)7-3-1-5-10-7/h7-8,10H,1-6H2,(H2,9,12,13). The lowest BCUT2D eigenvalue weighted by molar-refractivity contribution is 0.322. The first-order valence-electron chi connectivity index (χ1n) is 5.12. The number of nitrogens with zero attached hydrogens (tertiary/aromatic N) is 1. The first-order chi connectivity index (χ1) is 6.59. The van der Waals surface area contributed by atoms with E-state index in [0.717, 1.165) is 32.2 Å². The molecule has 2 rings (SSSR count). The zero-order chi connectivity index (χ0) is 10.2. The van der Waals surface area contributed by atoms with Crippen LogP contribution in [0.25, 0.3) is 0 Å². The van der Waals surface area contributed by atoms with Crippen molar-refractivity contribution in [3.8, 4) is 0 Å². The second kappa shape index (κ2) is 3.77. The normalized spacial score (nSPS) is 35.2. The minimum atomic E-state index is -3.50. The molecule has 2 unspecified atom stereocenters. The van der Waals surface area contributed by atoms with Gasteiger partial charge in [0.05, 0.1) is 0 Å². The molecule has 2 aliphatic heterocycles. The summed E-state index contributed by atoms with van der Waals surface area (Å²) in [5.41, 5.74) is 0. The summed E-state index contributed by atoms with van der Waals surface area (Å²) < 4.78 is 24.0. The van der Waals surface area contributed by atoms with Gasteiger partial charge in [0.15, 0.2) is 0 Å². The van der Waals surface area contributed by atoms with Crippen LogP contribution < -0.4 is 10.5 Å². The van der Waals surface area contributed by atoms with Gasteiger partial charge in [-0.2, -0.15) is 12.7 Å². The molecule has 2 atom stereocenters. The van der Waals surface area contributed by atoms with E-state index in [2.05, 4.69) is 5.32 Å². The third-order valence-electron chi connectivity index (χ3n) is 3.14. The third-order valence-corrected chi connectivity index (χ3v) is 4.25. The predicted molar refractivity (Wildman–Crippen MR) is 53.9 cm³/mol. The Balaban J connectivity index is 2.10. The van der Waals surface area contributed by atoms with Gasteiger partial charge in [-0.25, -0.2) is 5.14 Å². The summed E-state index contributed by atoms with van der Waals surface area (Å²) in [5.74, 6) is 0. The Morgan fingerprint density at radius 2 is 2.07 bits per heavy atom. The molecule has 5 nitrogen and oxygen atoms in total. The fraction of sp³-hybridized carbons (Fsp3) is 1.00. The van der Waals surface area contributed by atoms with Crippen molar-refractivity contribution in [2.45, 2.75) is 37.8 Å². The van der Waals surface area contributed by atoms with Crippen LogP contribution in [0.15, 0.2) is 0 Å². The summed E-state index contributed by atoms with van der Waals surface area (Å²) in [6.45, 7) is 1.58. The van der Waals surface area contributed by atoms with Crippen LogP contribution in [0, 0.1) is 0 Å². The zero-order valence-corrected chi connectivity index (χ0v) is 8.96. The largest absolute Gasteiger partial charge is 0.312 e. The molecule has 0 aliphatic carbocycles. The number of nitrogens with two attached hydrogens (primary N) is 1. The van der Waals surface area contributed by atoms with Crippen LogP contribution in [0.1, 0.15) is 25.7 Å². The Morgan fingerprint density at radius 3 is 2.64 bits per heavy atom. The van der Waals surface area contributed by atoms with Crippen molar-refractivity contribution in [2.24, 2.45) is 5.14 Å². The van der Waals surface area contributed by atoms with Crippen molar-refractivity contribution in [1.82, 2.24) is 9.62 Å². The molecule has 2 fully saturated rings. The number of hydrogen-bond acceptors (Lipinski definition) is 3. The van der Waals surface area contributed by atoms with Crippen molar-refractivity contribution in [2.75, 3.05) is 13.1 Å². The average molecular weight is 219 g/mol. The van der Waals surface area contributed by atoms with Gasteiger partial charge in [0.1, 0.15) is 0 Å². The Morgan fingerprint density at radius 1 is 1.29 bits per heavy atom. The molecule has 0 aromatic heterocycles. The Labute approximate surface area is 84.8 Å². The summed E-state index contributed by atoms with van der Waals surface area (Å²) in [6.07, 6.45) is 4.07. The van der Waals surface area contributed by atoms with Crippen molar-refractivity contribution in [3.63, 3.8) is 0 Å². The molecule has 0 amide bonds. The van der Waals surface area contributed by atoms with Gasteiger partial charge in [-0.05, 0) is 32.2 Å². The van der Waals surface area contributed by atoms with Gasteiger partial charge in [0.2, 0.25) is 0 Å². The molecule has 2 heterocycles. The Kier molecular flexibility index (Phi) is 2.79. The van der Waals surface area contributed by atoms with Crippen molar-refractivity contribution < 1.29 is 8.42 Å². The number of rotatable bonds is 2. The molecule has 0 aromatic rings. The molecular formula is C8H17N3O2S. The minimum absolute atomic E-state index is 0.0903. The predicted octanol–water partition coefficient (Wildman–Crippen LogP) is -0.594. The molecular weight excluding hydrogens is 202 g/mol. The van der Waals surface area contributed by atoms with Crippen LogP contribution in [-0.2, 0) is 10.2 Å². The van der Waals surface area contributed by atoms with Gasteiger partial charge in [-0.3, -0.25) is 0 Å². The fourth-order valence-corrected chi connectivity index (χ4v) is 3.54. The Hall–Kier alpha value is -0.170. The highest BCUT2D eigenvalue weighted by molar-refractivity contribution is 7.86. The van der Waals surface area contributed by atoms with E-state index < -0.39 is 10.2 Å². The van der Waals surface area contributed by atoms with Crippen LogP contribution in [0.3, 0.4) is 0 Å². The van der Waals surface area contributed by atoms with Crippen LogP contribution in [0.5, 0.6) is 0 Å². The van der Waals surface area contributed by atoms with E-state index >= 15 is 0 Å². The van der Waals surface area contributed by atoms with Crippen LogP contribution in [-0.4, -0.2) is 37.9 Å². The van der Waals surface area contributed by atoms with E-state index in [-0.39, 0.29) is 6.04 Å². The summed E-state index contributed by atoms with van der Waals surface area (Å²) >= 11 is 0. The summed E-state index contributed by atoms with van der Waals surface area (Å²) in [7, 11) is -3.50. The molecule has 0 saturated carbocycles. The average Bonchev–Trinajstić information content (AvgIpc) is 2.73. The third kappa shape index (κ3) is 1.93. The first kappa shape index (κ1) is 10.4. The van der Waals surface area contributed by atoms with Gasteiger partial charge < -0.3 is 5.32 Å². The maximum atomic E-state index is 11.3. The maximum absolute atomic E-state index is 11.3. The monoisotopic (exact) mass is 219 g/mol. The van der Waals surface area contributed by atoms with E-state index in [4.69, 9.17) is 5.14 Å². The molecule has 3 N–H and O–H groups in total. The SMILES string of the molecule is NS(=O)(=O)N1CCCC1C1CCCN1. The highest BCUT2D eigenvalue weighted by Crippen LogP contribution is 2.25. The summed E-state index contributed by atoms with van der Waals surface area (Å²) in [4.78, 5) is 0. The van der Waals surface area contributed by atoms with Crippen LogP contribution in [0.4, 0.5) is 0 Å². The van der Waals surface area contributed by atoms with E-state index in [1.54, 1.807) is 0 Å².